The van der Waals surface area contributed by atoms with E-state index >= 15 is 0 Å². The Kier molecular flexibility index (Phi) is 5.34. The molecule has 1 unspecified atom stereocenters. The predicted octanol–water partition coefficient (Wildman–Crippen LogP) is 2.40. The first-order valence-corrected chi connectivity index (χ1v) is 7.24. The maximum Gasteiger partial charge on any atom is 0.222 e. The highest BCUT2D eigenvalue weighted by molar-refractivity contribution is 9.10. The van der Waals surface area contributed by atoms with Gasteiger partial charge in [0.2, 0.25) is 5.95 Å². The minimum absolute atomic E-state index is 0.308. The Labute approximate surface area is 109 Å². The summed E-state index contributed by atoms with van der Waals surface area (Å²) >= 11 is 5.29. The molecule has 0 aliphatic heterocycles. The molecule has 0 fully saturated rings. The van der Waals surface area contributed by atoms with Crippen LogP contribution in [0.2, 0.25) is 0 Å². The van der Waals surface area contributed by atoms with Gasteiger partial charge in [-0.3, -0.25) is 0 Å². The fraction of sp³-hybridized carbons (Fsp3) is 0.600. The maximum absolute atomic E-state index is 5.59. The molecule has 0 aliphatic carbocycles. The molecule has 0 radical (unpaired) electrons. The van der Waals surface area contributed by atoms with Gasteiger partial charge in [0.1, 0.15) is 5.82 Å². The van der Waals surface area contributed by atoms with Crippen molar-refractivity contribution in [3.05, 3.63) is 10.7 Å². The first-order chi connectivity index (χ1) is 7.56. The van der Waals surface area contributed by atoms with Crippen LogP contribution < -0.4 is 10.6 Å². The van der Waals surface area contributed by atoms with E-state index in [1.54, 1.807) is 6.20 Å². The third-order valence-corrected chi connectivity index (χ3v) is 3.68. The highest BCUT2D eigenvalue weighted by atomic mass is 79.9. The Morgan fingerprint density at radius 2 is 2.31 bits per heavy atom. The van der Waals surface area contributed by atoms with Crippen molar-refractivity contribution in [3.8, 4) is 0 Å². The number of thioether (sulfide) groups is 1. The second-order valence-electron chi connectivity index (χ2n) is 3.64. The lowest BCUT2D eigenvalue weighted by atomic mass is 10.2. The molecule has 0 aliphatic rings. The van der Waals surface area contributed by atoms with Gasteiger partial charge < -0.3 is 10.6 Å². The van der Waals surface area contributed by atoms with Crippen LogP contribution in [0.4, 0.5) is 11.8 Å². The fourth-order valence-electron chi connectivity index (χ4n) is 1.31. The van der Waals surface area contributed by atoms with E-state index in [1.807, 2.05) is 18.8 Å². The van der Waals surface area contributed by atoms with Gasteiger partial charge in [-0.15, -0.1) is 0 Å². The van der Waals surface area contributed by atoms with Crippen LogP contribution in [0, 0.1) is 0 Å². The molecule has 90 valence electrons. The Balaban J connectivity index is 2.78. The van der Waals surface area contributed by atoms with Crippen LogP contribution in [0.3, 0.4) is 0 Å². The third-order valence-electron chi connectivity index (χ3n) is 2.48. The summed E-state index contributed by atoms with van der Waals surface area (Å²) in [5, 5.41) is 0. The first-order valence-electron chi connectivity index (χ1n) is 5.06. The van der Waals surface area contributed by atoms with Crippen LogP contribution in [0.1, 0.15) is 13.3 Å². The molecule has 1 aromatic rings. The molecular weight excluding hydrogens is 288 g/mol. The van der Waals surface area contributed by atoms with Gasteiger partial charge in [-0.1, -0.05) is 0 Å². The summed E-state index contributed by atoms with van der Waals surface area (Å²) in [6.07, 6.45) is 4.93. The van der Waals surface area contributed by atoms with E-state index in [9.17, 15) is 0 Å². The zero-order chi connectivity index (χ0) is 12.1. The molecule has 0 saturated heterocycles. The van der Waals surface area contributed by atoms with E-state index in [4.69, 9.17) is 5.73 Å². The van der Waals surface area contributed by atoms with E-state index in [1.165, 1.54) is 0 Å². The van der Waals surface area contributed by atoms with Crippen LogP contribution in [0.25, 0.3) is 0 Å². The summed E-state index contributed by atoms with van der Waals surface area (Å²) in [7, 11) is 2.03. The van der Waals surface area contributed by atoms with E-state index in [-0.39, 0.29) is 0 Å². The molecule has 0 saturated carbocycles. The van der Waals surface area contributed by atoms with E-state index in [0.717, 1.165) is 22.5 Å². The van der Waals surface area contributed by atoms with Gasteiger partial charge in [0, 0.05) is 19.3 Å². The number of rotatable bonds is 5. The minimum Gasteiger partial charge on any atom is -0.368 e. The van der Waals surface area contributed by atoms with Crippen molar-refractivity contribution in [2.75, 3.05) is 29.7 Å². The van der Waals surface area contributed by atoms with E-state index in [2.05, 4.69) is 44.0 Å². The zero-order valence-electron chi connectivity index (χ0n) is 9.77. The van der Waals surface area contributed by atoms with Crippen molar-refractivity contribution in [2.24, 2.45) is 0 Å². The molecule has 1 heterocycles. The fourth-order valence-corrected chi connectivity index (χ4v) is 2.36. The molecule has 6 heteroatoms. The van der Waals surface area contributed by atoms with Crippen molar-refractivity contribution in [1.82, 2.24) is 9.97 Å². The van der Waals surface area contributed by atoms with Crippen LogP contribution in [0.5, 0.6) is 0 Å². The Morgan fingerprint density at radius 1 is 1.62 bits per heavy atom. The number of halogens is 1. The number of nitrogen functional groups attached to an aromatic ring is 1. The lowest BCUT2D eigenvalue weighted by molar-refractivity contribution is 0.660. The summed E-state index contributed by atoms with van der Waals surface area (Å²) in [5.74, 6) is 2.30. The van der Waals surface area contributed by atoms with Crippen LogP contribution in [0.15, 0.2) is 10.7 Å². The molecule has 1 rings (SSSR count). The van der Waals surface area contributed by atoms with Gasteiger partial charge in [-0.05, 0) is 41.3 Å². The summed E-state index contributed by atoms with van der Waals surface area (Å²) < 4.78 is 0.875. The standard InChI is InChI=1S/C10H17BrN4S/c1-7(4-5-16-3)15(2)9-8(11)6-13-10(12)14-9/h6-7H,4-5H2,1-3H3,(H2,12,13,14). The van der Waals surface area contributed by atoms with Crippen LogP contribution in [-0.4, -0.2) is 35.1 Å². The molecule has 1 atom stereocenters. The largest absolute Gasteiger partial charge is 0.368 e. The quantitative estimate of drug-likeness (QED) is 0.905. The Bertz CT molecular complexity index is 348. The highest BCUT2D eigenvalue weighted by Crippen LogP contribution is 2.25. The maximum atomic E-state index is 5.59. The number of nitrogens with two attached hydrogens (primary N) is 1. The van der Waals surface area contributed by atoms with E-state index in [0.29, 0.717) is 12.0 Å². The number of hydrogen-bond acceptors (Lipinski definition) is 5. The SMILES string of the molecule is CSCCC(C)N(C)c1nc(N)ncc1Br. The van der Waals surface area contributed by atoms with Crippen molar-refractivity contribution in [3.63, 3.8) is 0 Å². The lowest BCUT2D eigenvalue weighted by Crippen LogP contribution is -2.30. The molecule has 0 spiro atoms. The number of anilines is 2. The van der Waals surface area contributed by atoms with Crippen LogP contribution in [-0.2, 0) is 0 Å². The van der Waals surface area contributed by atoms with Gasteiger partial charge in [-0.25, -0.2) is 4.98 Å². The average Bonchev–Trinajstić information content (AvgIpc) is 2.28. The summed E-state index contributed by atoms with van der Waals surface area (Å²) in [6, 6.07) is 0.429. The zero-order valence-corrected chi connectivity index (χ0v) is 12.2. The van der Waals surface area contributed by atoms with Gasteiger partial charge >= 0.3 is 0 Å². The topological polar surface area (TPSA) is 55.0 Å². The van der Waals surface area contributed by atoms with Crippen LogP contribution >= 0.6 is 27.7 Å². The number of nitrogens with zero attached hydrogens (tertiary/aromatic N) is 3. The Morgan fingerprint density at radius 3 is 2.94 bits per heavy atom. The molecule has 2 N–H and O–H groups in total. The molecule has 0 bridgehead atoms. The first kappa shape index (κ1) is 13.6. The second-order valence-corrected chi connectivity index (χ2v) is 5.48. The molecule has 0 amide bonds. The molecule has 0 aromatic carbocycles. The minimum atomic E-state index is 0.308. The lowest BCUT2D eigenvalue weighted by Gasteiger charge is -2.26. The number of hydrogen-bond donors (Lipinski definition) is 1. The van der Waals surface area contributed by atoms with E-state index < -0.39 is 0 Å². The second kappa shape index (κ2) is 6.30. The molecule has 16 heavy (non-hydrogen) atoms. The summed E-state index contributed by atoms with van der Waals surface area (Å²) in [5.41, 5.74) is 5.59. The van der Waals surface area contributed by atoms with Crippen molar-refractivity contribution >= 4 is 39.5 Å². The molecule has 1 aromatic heterocycles. The monoisotopic (exact) mass is 304 g/mol. The Hall–Kier alpha value is -0.490. The van der Waals surface area contributed by atoms with Crippen molar-refractivity contribution in [1.29, 1.82) is 0 Å². The van der Waals surface area contributed by atoms with Crippen molar-refractivity contribution < 1.29 is 0 Å². The summed E-state index contributed by atoms with van der Waals surface area (Å²) in [4.78, 5) is 10.3. The average molecular weight is 305 g/mol. The van der Waals surface area contributed by atoms with Gasteiger partial charge in [0.05, 0.1) is 4.47 Å². The van der Waals surface area contributed by atoms with Gasteiger partial charge in [0.25, 0.3) is 0 Å². The molecular formula is C10H17BrN4S. The van der Waals surface area contributed by atoms with Gasteiger partial charge in [-0.2, -0.15) is 16.7 Å². The summed E-state index contributed by atoms with van der Waals surface area (Å²) in [6.45, 7) is 2.18. The van der Waals surface area contributed by atoms with Crippen molar-refractivity contribution in [2.45, 2.75) is 19.4 Å². The third kappa shape index (κ3) is 3.52. The normalized spacial score (nSPS) is 12.5. The highest BCUT2D eigenvalue weighted by Gasteiger charge is 2.14. The molecule has 4 nitrogen and oxygen atoms in total. The number of aromatic nitrogens is 2. The van der Waals surface area contributed by atoms with Gasteiger partial charge in [0.15, 0.2) is 0 Å². The predicted molar refractivity (Wildman–Crippen MR) is 75.0 cm³/mol. The smallest absolute Gasteiger partial charge is 0.222 e.